The smallest absolute Gasteiger partial charge is 0.416 e. The summed E-state index contributed by atoms with van der Waals surface area (Å²) < 4.78 is 49.6. The fourth-order valence-corrected chi connectivity index (χ4v) is 2.58. The summed E-state index contributed by atoms with van der Waals surface area (Å²) >= 11 is 0. The molecule has 0 spiro atoms. The molecule has 26 heavy (non-hydrogen) atoms. The quantitative estimate of drug-likeness (QED) is 0.768. The average molecular weight is 363 g/mol. The molecule has 0 unspecified atom stereocenters. The maximum absolute atomic E-state index is 13.0. The molecule has 0 atom stereocenters. The maximum Gasteiger partial charge on any atom is 0.416 e. The minimum absolute atomic E-state index is 0.0485. The van der Waals surface area contributed by atoms with E-state index in [9.17, 15) is 18.0 Å². The van der Waals surface area contributed by atoms with Crippen molar-refractivity contribution in [3.8, 4) is 11.5 Å². The van der Waals surface area contributed by atoms with E-state index in [-0.39, 0.29) is 18.9 Å². The van der Waals surface area contributed by atoms with Crippen LogP contribution in [0.4, 0.5) is 13.2 Å². The molecule has 4 nitrogen and oxygen atoms in total. The van der Waals surface area contributed by atoms with Crippen molar-refractivity contribution in [2.45, 2.75) is 12.7 Å². The maximum atomic E-state index is 13.0. The van der Waals surface area contributed by atoms with Crippen molar-refractivity contribution >= 4 is 12.0 Å². The number of halogens is 3. The first kappa shape index (κ1) is 17.8. The van der Waals surface area contributed by atoms with E-state index >= 15 is 0 Å². The highest BCUT2D eigenvalue weighted by atomic mass is 19.4. The molecule has 0 N–H and O–H groups in total. The van der Waals surface area contributed by atoms with Gasteiger partial charge in [0, 0.05) is 19.7 Å². The van der Waals surface area contributed by atoms with E-state index < -0.39 is 17.6 Å². The SMILES string of the molecule is CN(Cc1ccccc1C(F)(F)F)C(=O)/C=C/c1ccc2c(c1)OCO2. The molecule has 2 aromatic carbocycles. The number of hydrogen-bond donors (Lipinski definition) is 0. The fraction of sp³-hybridized carbons (Fsp3) is 0.211. The highest BCUT2D eigenvalue weighted by Crippen LogP contribution is 2.33. The van der Waals surface area contributed by atoms with Gasteiger partial charge in [0.25, 0.3) is 0 Å². The van der Waals surface area contributed by atoms with Crippen LogP contribution in [0.25, 0.3) is 6.08 Å². The van der Waals surface area contributed by atoms with Crippen molar-refractivity contribution in [3.63, 3.8) is 0 Å². The molecule has 1 aliphatic rings. The van der Waals surface area contributed by atoms with Gasteiger partial charge in [-0.05, 0) is 35.4 Å². The zero-order valence-corrected chi connectivity index (χ0v) is 13.9. The number of alkyl halides is 3. The van der Waals surface area contributed by atoms with Crippen LogP contribution in [-0.4, -0.2) is 24.6 Å². The van der Waals surface area contributed by atoms with Crippen LogP contribution in [0.3, 0.4) is 0 Å². The number of benzene rings is 2. The second-order valence-electron chi connectivity index (χ2n) is 5.80. The number of likely N-dealkylation sites (N-methyl/N-ethyl adjacent to an activating group) is 1. The highest BCUT2D eigenvalue weighted by Gasteiger charge is 2.33. The number of rotatable bonds is 4. The van der Waals surface area contributed by atoms with E-state index in [0.29, 0.717) is 11.5 Å². The van der Waals surface area contributed by atoms with Crippen LogP contribution >= 0.6 is 0 Å². The van der Waals surface area contributed by atoms with Gasteiger partial charge in [-0.25, -0.2) is 0 Å². The Morgan fingerprint density at radius 3 is 2.65 bits per heavy atom. The number of carbonyl (C=O) groups excluding carboxylic acids is 1. The van der Waals surface area contributed by atoms with E-state index in [4.69, 9.17) is 9.47 Å². The number of fused-ring (bicyclic) bond motifs is 1. The molecule has 0 bridgehead atoms. The zero-order chi connectivity index (χ0) is 18.7. The summed E-state index contributed by atoms with van der Waals surface area (Å²) in [7, 11) is 1.46. The number of ether oxygens (including phenoxy) is 2. The van der Waals surface area contributed by atoms with E-state index in [1.165, 1.54) is 36.2 Å². The van der Waals surface area contributed by atoms with Gasteiger partial charge in [0.2, 0.25) is 12.7 Å². The number of hydrogen-bond acceptors (Lipinski definition) is 3. The summed E-state index contributed by atoms with van der Waals surface area (Å²) in [5.41, 5.74) is 0.0402. The monoisotopic (exact) mass is 363 g/mol. The molecule has 7 heteroatoms. The van der Waals surface area contributed by atoms with Gasteiger partial charge in [-0.3, -0.25) is 4.79 Å². The molecule has 136 valence electrons. The van der Waals surface area contributed by atoms with Crippen LogP contribution in [0.2, 0.25) is 0 Å². The predicted molar refractivity (Wildman–Crippen MR) is 89.5 cm³/mol. The Hall–Kier alpha value is -2.96. The van der Waals surface area contributed by atoms with E-state index in [0.717, 1.165) is 11.6 Å². The van der Waals surface area contributed by atoms with Gasteiger partial charge in [0.05, 0.1) is 5.56 Å². The molecule has 1 amide bonds. The van der Waals surface area contributed by atoms with Crippen LogP contribution in [0.15, 0.2) is 48.5 Å². The van der Waals surface area contributed by atoms with Crippen LogP contribution in [0, 0.1) is 0 Å². The van der Waals surface area contributed by atoms with E-state index in [2.05, 4.69) is 0 Å². The third-order valence-electron chi connectivity index (χ3n) is 3.92. The minimum Gasteiger partial charge on any atom is -0.454 e. The third-order valence-corrected chi connectivity index (χ3v) is 3.92. The van der Waals surface area contributed by atoms with Gasteiger partial charge in [-0.15, -0.1) is 0 Å². The van der Waals surface area contributed by atoms with Gasteiger partial charge < -0.3 is 14.4 Å². The van der Waals surface area contributed by atoms with Crippen molar-refractivity contribution in [3.05, 3.63) is 65.2 Å². The lowest BCUT2D eigenvalue weighted by Crippen LogP contribution is -2.25. The molecule has 2 aromatic rings. The summed E-state index contributed by atoms with van der Waals surface area (Å²) in [5, 5.41) is 0. The van der Waals surface area contributed by atoms with Gasteiger partial charge in [0.15, 0.2) is 11.5 Å². The molecular formula is C19H16F3NO3. The van der Waals surface area contributed by atoms with Gasteiger partial charge in [0.1, 0.15) is 0 Å². The molecule has 0 saturated heterocycles. The van der Waals surface area contributed by atoms with Crippen LogP contribution in [0.1, 0.15) is 16.7 Å². The molecule has 0 aromatic heterocycles. The topological polar surface area (TPSA) is 38.8 Å². The minimum atomic E-state index is -4.46. The first-order valence-electron chi connectivity index (χ1n) is 7.82. The van der Waals surface area contributed by atoms with E-state index in [1.54, 1.807) is 24.3 Å². The lowest BCUT2D eigenvalue weighted by atomic mass is 10.1. The standard InChI is InChI=1S/C19H16F3NO3/c1-23(11-14-4-2-3-5-15(14)19(20,21)22)18(24)9-7-13-6-8-16-17(10-13)26-12-25-16/h2-10H,11-12H2,1H3/b9-7+. The predicted octanol–water partition coefficient (Wildman–Crippen LogP) is 4.11. The summed E-state index contributed by atoms with van der Waals surface area (Å²) in [6.07, 6.45) is -1.56. The molecule has 1 heterocycles. The summed E-state index contributed by atoms with van der Waals surface area (Å²) in [6.45, 7) is 0.0166. The van der Waals surface area contributed by atoms with Gasteiger partial charge in [-0.1, -0.05) is 24.3 Å². The molecular weight excluding hydrogens is 347 g/mol. The van der Waals surface area contributed by atoms with Crippen molar-refractivity contribution in [2.75, 3.05) is 13.8 Å². The third kappa shape index (κ3) is 3.99. The molecule has 0 radical (unpaired) electrons. The first-order chi connectivity index (χ1) is 12.3. The van der Waals surface area contributed by atoms with Crippen molar-refractivity contribution in [2.24, 2.45) is 0 Å². The molecule has 1 aliphatic heterocycles. The lowest BCUT2D eigenvalue weighted by molar-refractivity contribution is -0.139. The van der Waals surface area contributed by atoms with Crippen LogP contribution in [0.5, 0.6) is 11.5 Å². The normalized spacial score (nSPS) is 13.2. The Bertz CT molecular complexity index is 846. The second-order valence-corrected chi connectivity index (χ2v) is 5.80. The summed E-state index contributed by atoms with van der Waals surface area (Å²) in [6, 6.07) is 10.4. The van der Waals surface area contributed by atoms with Crippen LogP contribution in [-0.2, 0) is 17.5 Å². The molecule has 0 saturated carbocycles. The Labute approximate surface area is 148 Å². The summed E-state index contributed by atoms with van der Waals surface area (Å²) in [5.74, 6) is 0.820. The second kappa shape index (κ2) is 7.11. The van der Waals surface area contributed by atoms with Crippen molar-refractivity contribution in [1.29, 1.82) is 0 Å². The Balaban J connectivity index is 1.69. The Morgan fingerprint density at radius 2 is 1.88 bits per heavy atom. The Kier molecular flexibility index (Phi) is 4.88. The first-order valence-corrected chi connectivity index (χ1v) is 7.82. The molecule has 3 rings (SSSR count). The highest BCUT2D eigenvalue weighted by molar-refractivity contribution is 5.91. The number of carbonyl (C=O) groups is 1. The largest absolute Gasteiger partial charge is 0.454 e. The molecule has 0 fully saturated rings. The van der Waals surface area contributed by atoms with E-state index in [1.807, 2.05) is 0 Å². The molecule has 0 aliphatic carbocycles. The van der Waals surface area contributed by atoms with Gasteiger partial charge in [-0.2, -0.15) is 13.2 Å². The van der Waals surface area contributed by atoms with Crippen molar-refractivity contribution in [1.82, 2.24) is 4.90 Å². The number of nitrogens with zero attached hydrogens (tertiary/aromatic N) is 1. The average Bonchev–Trinajstić information content (AvgIpc) is 3.06. The van der Waals surface area contributed by atoms with Crippen LogP contribution < -0.4 is 9.47 Å². The lowest BCUT2D eigenvalue weighted by Gasteiger charge is -2.19. The van der Waals surface area contributed by atoms with Crippen molar-refractivity contribution < 1.29 is 27.4 Å². The zero-order valence-electron chi connectivity index (χ0n) is 13.9. The number of amides is 1. The summed E-state index contributed by atoms with van der Waals surface area (Å²) in [4.78, 5) is 13.4. The van der Waals surface area contributed by atoms with Gasteiger partial charge >= 0.3 is 6.18 Å². The Morgan fingerprint density at radius 1 is 1.15 bits per heavy atom. The fourth-order valence-electron chi connectivity index (χ4n) is 2.58.